The second kappa shape index (κ2) is 11.4. The van der Waals surface area contributed by atoms with Gasteiger partial charge in [0.15, 0.2) is 0 Å². The minimum absolute atomic E-state index is 0.179. The van der Waals surface area contributed by atoms with Gasteiger partial charge in [-0.05, 0) is 42.8 Å². The number of amides is 2. The Bertz CT molecular complexity index is 1080. The first-order valence-electron chi connectivity index (χ1n) is 9.58. The van der Waals surface area contributed by atoms with Gasteiger partial charge in [-0.25, -0.2) is 4.39 Å². The molecule has 2 amide bonds. The Labute approximate surface area is 193 Å². The third kappa shape index (κ3) is 6.41. The highest BCUT2D eigenvalue weighted by Crippen LogP contribution is 2.31. The Hall–Kier alpha value is -3.17. The first-order chi connectivity index (χ1) is 15.5. The fraction of sp³-hybridized carbons (Fsp3) is 0.130. The van der Waals surface area contributed by atoms with Crippen LogP contribution in [0.5, 0.6) is 0 Å². The molecule has 0 spiro atoms. The molecule has 2 aliphatic rings. The number of thioether (sulfide) groups is 1. The second-order valence-electron chi connectivity index (χ2n) is 6.49. The highest BCUT2D eigenvalue weighted by Gasteiger charge is 2.19. The van der Waals surface area contributed by atoms with Crippen LogP contribution in [-0.4, -0.2) is 24.2 Å². The van der Waals surface area contributed by atoms with Gasteiger partial charge in [-0.1, -0.05) is 30.3 Å². The maximum Gasteiger partial charge on any atom is 0.265 e. The number of nitrogens with one attached hydrogen (secondary N) is 1. The van der Waals surface area contributed by atoms with Crippen molar-refractivity contribution in [1.82, 2.24) is 0 Å². The largest absolute Gasteiger partial charge is 0.496 e. The quantitative estimate of drug-likeness (QED) is 0.611. The van der Waals surface area contributed by atoms with Gasteiger partial charge >= 0.3 is 0 Å². The van der Waals surface area contributed by atoms with Gasteiger partial charge in [-0.2, -0.15) is 0 Å². The average Bonchev–Trinajstić information content (AvgIpc) is 2.81. The van der Waals surface area contributed by atoms with Gasteiger partial charge < -0.3 is 20.0 Å². The monoisotopic (exact) mass is 472 g/mol. The van der Waals surface area contributed by atoms with Crippen molar-refractivity contribution in [2.24, 2.45) is 5.73 Å². The number of para-hydroxylation sites is 1. The summed E-state index contributed by atoms with van der Waals surface area (Å²) in [6, 6.07) is 13.7. The SMILES string of the molecule is CC1=C(C(=O)Nc2ccccc2-c2ccc(F)cc2)SCCO1.NC(=O)C1=CC=COS1. The molecule has 32 heavy (non-hydrogen) atoms. The minimum Gasteiger partial charge on any atom is -0.496 e. The van der Waals surface area contributed by atoms with Crippen LogP contribution in [0.3, 0.4) is 0 Å². The van der Waals surface area contributed by atoms with E-state index in [1.807, 2.05) is 24.3 Å². The minimum atomic E-state index is -0.454. The molecule has 2 aromatic rings. The van der Waals surface area contributed by atoms with Crippen molar-refractivity contribution in [2.45, 2.75) is 6.92 Å². The first kappa shape index (κ1) is 23.5. The molecular formula is C23H21FN2O4S2. The third-order valence-electron chi connectivity index (χ3n) is 4.27. The summed E-state index contributed by atoms with van der Waals surface area (Å²) >= 11 is 2.47. The number of carbonyl (C=O) groups is 2. The molecule has 4 rings (SSSR count). The van der Waals surface area contributed by atoms with Crippen molar-refractivity contribution in [3.05, 3.63) is 88.3 Å². The van der Waals surface area contributed by atoms with E-state index >= 15 is 0 Å². The Morgan fingerprint density at radius 3 is 2.50 bits per heavy atom. The lowest BCUT2D eigenvalue weighted by molar-refractivity contribution is -0.114. The van der Waals surface area contributed by atoms with Gasteiger partial charge in [-0.3, -0.25) is 9.59 Å². The van der Waals surface area contributed by atoms with E-state index in [1.165, 1.54) is 30.2 Å². The Morgan fingerprint density at radius 2 is 1.88 bits per heavy atom. The van der Waals surface area contributed by atoms with Gasteiger partial charge in [0.25, 0.3) is 11.8 Å². The molecule has 0 bridgehead atoms. The summed E-state index contributed by atoms with van der Waals surface area (Å²) in [6.45, 7) is 2.42. The van der Waals surface area contributed by atoms with Crippen LogP contribution < -0.4 is 11.1 Å². The van der Waals surface area contributed by atoms with E-state index in [1.54, 1.807) is 31.2 Å². The molecule has 2 aromatic carbocycles. The summed E-state index contributed by atoms with van der Waals surface area (Å²) < 4.78 is 23.3. The Balaban J connectivity index is 0.000000269. The molecule has 2 heterocycles. The number of carbonyl (C=O) groups excluding carboxylic acids is 2. The van der Waals surface area contributed by atoms with Crippen LogP contribution in [0.15, 0.2) is 82.5 Å². The molecule has 0 unspecified atom stereocenters. The molecule has 0 radical (unpaired) electrons. The molecule has 6 nitrogen and oxygen atoms in total. The Kier molecular flexibility index (Phi) is 8.41. The second-order valence-corrected chi connectivity index (χ2v) is 8.40. The number of primary amides is 1. The molecule has 2 aliphatic heterocycles. The molecule has 0 atom stereocenters. The summed E-state index contributed by atoms with van der Waals surface area (Å²) in [5.74, 6) is 0.496. The summed E-state index contributed by atoms with van der Waals surface area (Å²) in [6.07, 6.45) is 4.71. The fourth-order valence-corrected chi connectivity index (χ4v) is 4.03. The number of hydrogen-bond acceptors (Lipinski definition) is 6. The van der Waals surface area contributed by atoms with Gasteiger partial charge in [0.1, 0.15) is 27.6 Å². The van der Waals surface area contributed by atoms with Crippen LogP contribution >= 0.6 is 23.8 Å². The zero-order chi connectivity index (χ0) is 22.9. The molecule has 0 saturated carbocycles. The molecule has 0 aliphatic carbocycles. The van der Waals surface area contributed by atoms with Crippen LogP contribution in [0.25, 0.3) is 11.1 Å². The third-order valence-corrected chi connectivity index (χ3v) is 6.12. The zero-order valence-corrected chi connectivity index (χ0v) is 18.8. The summed E-state index contributed by atoms with van der Waals surface area (Å²) in [7, 11) is 0. The first-order valence-corrected chi connectivity index (χ1v) is 11.3. The molecule has 0 fully saturated rings. The molecule has 166 valence electrons. The van der Waals surface area contributed by atoms with E-state index in [0.29, 0.717) is 27.9 Å². The van der Waals surface area contributed by atoms with E-state index in [0.717, 1.165) is 28.9 Å². The lowest BCUT2D eigenvalue weighted by atomic mass is 10.0. The average molecular weight is 473 g/mol. The Morgan fingerprint density at radius 1 is 1.12 bits per heavy atom. The van der Waals surface area contributed by atoms with Crippen molar-refractivity contribution >= 4 is 41.3 Å². The fourth-order valence-electron chi connectivity index (χ4n) is 2.77. The van der Waals surface area contributed by atoms with Crippen molar-refractivity contribution < 1.29 is 22.9 Å². The van der Waals surface area contributed by atoms with E-state index < -0.39 is 5.91 Å². The van der Waals surface area contributed by atoms with Crippen molar-refractivity contribution in [3.8, 4) is 11.1 Å². The van der Waals surface area contributed by atoms with Crippen molar-refractivity contribution in [1.29, 1.82) is 0 Å². The summed E-state index contributed by atoms with van der Waals surface area (Å²) in [4.78, 5) is 23.9. The van der Waals surface area contributed by atoms with E-state index in [9.17, 15) is 14.0 Å². The van der Waals surface area contributed by atoms with Crippen LogP contribution in [-0.2, 0) is 18.5 Å². The number of hydrogen-bond donors (Lipinski definition) is 2. The predicted octanol–water partition coefficient (Wildman–Crippen LogP) is 4.97. The smallest absolute Gasteiger partial charge is 0.265 e. The number of halogens is 1. The maximum absolute atomic E-state index is 13.1. The number of allylic oxidation sites excluding steroid dienone is 3. The zero-order valence-electron chi connectivity index (χ0n) is 17.2. The molecule has 9 heteroatoms. The maximum atomic E-state index is 13.1. The topological polar surface area (TPSA) is 90.6 Å². The van der Waals surface area contributed by atoms with E-state index in [4.69, 9.17) is 14.7 Å². The molecule has 0 saturated heterocycles. The van der Waals surface area contributed by atoms with Crippen LogP contribution in [0.4, 0.5) is 10.1 Å². The predicted molar refractivity (Wildman–Crippen MR) is 127 cm³/mol. The summed E-state index contributed by atoms with van der Waals surface area (Å²) in [5, 5.41) is 2.93. The summed E-state index contributed by atoms with van der Waals surface area (Å²) in [5.41, 5.74) is 7.31. The number of rotatable bonds is 4. The number of benzene rings is 2. The molecule has 0 aromatic heterocycles. The lowest BCUT2D eigenvalue weighted by Crippen LogP contribution is -2.18. The lowest BCUT2D eigenvalue weighted by Gasteiger charge is -2.18. The number of anilines is 1. The highest BCUT2D eigenvalue weighted by atomic mass is 32.2. The molecule has 3 N–H and O–H groups in total. The number of nitrogens with two attached hydrogens (primary N) is 1. The van der Waals surface area contributed by atoms with Crippen molar-refractivity contribution in [3.63, 3.8) is 0 Å². The highest BCUT2D eigenvalue weighted by molar-refractivity contribution is 8.04. The van der Waals surface area contributed by atoms with Gasteiger partial charge in [0, 0.05) is 17.0 Å². The molecular weight excluding hydrogens is 451 g/mol. The van der Waals surface area contributed by atoms with Gasteiger partial charge in [-0.15, -0.1) is 11.8 Å². The van der Waals surface area contributed by atoms with E-state index in [-0.39, 0.29) is 11.7 Å². The normalized spacial score (nSPS) is 14.9. The van der Waals surface area contributed by atoms with Crippen LogP contribution in [0.2, 0.25) is 0 Å². The van der Waals surface area contributed by atoms with Crippen LogP contribution in [0.1, 0.15) is 6.92 Å². The van der Waals surface area contributed by atoms with Gasteiger partial charge in [0.2, 0.25) is 0 Å². The standard InChI is InChI=1S/C18H16FNO2S.C5H5NO2S/c1-12-17(23-11-10-22-12)18(21)20-16-5-3-2-4-15(16)13-6-8-14(19)9-7-13;6-5(7)4-2-1-3-8-9-4/h2-9H,10-11H2,1H3,(H,20,21);1-3H,(H2,6,7). The van der Waals surface area contributed by atoms with Crippen molar-refractivity contribution in [2.75, 3.05) is 17.7 Å². The van der Waals surface area contributed by atoms with Gasteiger partial charge in [0.05, 0.1) is 18.6 Å². The van der Waals surface area contributed by atoms with Crippen LogP contribution in [0, 0.1) is 5.82 Å². The van der Waals surface area contributed by atoms with E-state index in [2.05, 4.69) is 5.32 Å². The number of ether oxygens (including phenoxy) is 1.